The smallest absolute Gasteiger partial charge is 0.00380 e. The number of rotatable bonds is 1. The molecule has 1 spiro atoms. The lowest BCUT2D eigenvalue weighted by Crippen LogP contribution is -2.15. The van der Waals surface area contributed by atoms with Crippen LogP contribution in [0.4, 0.5) is 0 Å². The molecule has 2 N–H and O–H groups in total. The Hall–Kier alpha value is -0.0400. The molecule has 0 heterocycles. The van der Waals surface area contributed by atoms with Crippen LogP contribution in [0.2, 0.25) is 0 Å². The molecule has 1 nitrogen and oxygen atoms in total. The fraction of sp³-hybridized carbons (Fsp3) is 1.00. The summed E-state index contributed by atoms with van der Waals surface area (Å²) in [6, 6.07) is 0. The maximum Gasteiger partial charge on any atom is -0.00380 e. The molecule has 1 heteroatoms. The second kappa shape index (κ2) is 2.47. The van der Waals surface area contributed by atoms with E-state index in [1.165, 1.54) is 32.1 Å². The summed E-state index contributed by atoms with van der Waals surface area (Å²) in [7, 11) is 0. The highest BCUT2D eigenvalue weighted by molar-refractivity contribution is 5.17. The Balaban J connectivity index is 2.12. The average molecular weight is 167 g/mol. The van der Waals surface area contributed by atoms with E-state index in [2.05, 4.69) is 13.8 Å². The first-order valence-electron chi connectivity index (χ1n) is 5.35. The Kier molecular flexibility index (Phi) is 1.76. The van der Waals surface area contributed by atoms with Gasteiger partial charge in [-0.3, -0.25) is 0 Å². The average Bonchev–Trinajstić information content (AvgIpc) is 2.49. The molecule has 0 amide bonds. The molecule has 0 aromatic carbocycles. The van der Waals surface area contributed by atoms with Crippen LogP contribution < -0.4 is 5.73 Å². The van der Waals surface area contributed by atoms with Gasteiger partial charge in [-0.05, 0) is 36.1 Å². The van der Waals surface area contributed by atoms with Crippen molar-refractivity contribution in [1.82, 2.24) is 0 Å². The third-order valence-electron chi connectivity index (χ3n) is 4.72. The minimum Gasteiger partial charge on any atom is -0.330 e. The summed E-state index contributed by atoms with van der Waals surface area (Å²) >= 11 is 0. The molecule has 2 aliphatic carbocycles. The zero-order valence-corrected chi connectivity index (χ0v) is 8.40. The van der Waals surface area contributed by atoms with E-state index in [-0.39, 0.29) is 0 Å². The predicted octanol–water partition coefficient (Wildman–Crippen LogP) is 2.55. The molecule has 1 unspecified atom stereocenters. The Bertz CT molecular complexity index is 177. The molecule has 0 aromatic heterocycles. The van der Waals surface area contributed by atoms with Crippen molar-refractivity contribution in [3.05, 3.63) is 0 Å². The first kappa shape index (κ1) is 8.55. The van der Waals surface area contributed by atoms with Crippen LogP contribution in [0, 0.1) is 16.7 Å². The van der Waals surface area contributed by atoms with Crippen LogP contribution in [0.3, 0.4) is 0 Å². The van der Waals surface area contributed by atoms with E-state index in [1.807, 2.05) is 0 Å². The lowest BCUT2D eigenvalue weighted by molar-refractivity contribution is 0.264. The van der Waals surface area contributed by atoms with Gasteiger partial charge in [0.15, 0.2) is 0 Å². The summed E-state index contributed by atoms with van der Waals surface area (Å²) in [5.74, 6) is 0.824. The van der Waals surface area contributed by atoms with Gasteiger partial charge >= 0.3 is 0 Å². The van der Waals surface area contributed by atoms with Crippen LogP contribution in [0.15, 0.2) is 0 Å². The van der Waals surface area contributed by atoms with Gasteiger partial charge in [-0.2, -0.15) is 0 Å². The third-order valence-corrected chi connectivity index (χ3v) is 4.72. The Labute approximate surface area is 75.7 Å². The van der Waals surface area contributed by atoms with Crippen molar-refractivity contribution < 1.29 is 0 Å². The minimum atomic E-state index is 0.558. The maximum absolute atomic E-state index is 5.81. The summed E-state index contributed by atoms with van der Waals surface area (Å²) in [5, 5.41) is 0. The molecule has 2 rings (SSSR count). The molecular weight excluding hydrogens is 146 g/mol. The third kappa shape index (κ3) is 0.834. The lowest BCUT2D eigenvalue weighted by atomic mass is 9.80. The summed E-state index contributed by atoms with van der Waals surface area (Å²) in [4.78, 5) is 0. The van der Waals surface area contributed by atoms with Gasteiger partial charge in [-0.15, -0.1) is 0 Å². The van der Waals surface area contributed by atoms with Crippen LogP contribution in [0.1, 0.15) is 46.0 Å². The van der Waals surface area contributed by atoms with Gasteiger partial charge in [0.2, 0.25) is 0 Å². The zero-order chi connectivity index (χ0) is 8.82. The molecule has 0 bridgehead atoms. The second-order valence-electron chi connectivity index (χ2n) is 5.23. The van der Waals surface area contributed by atoms with E-state index in [1.54, 1.807) is 0 Å². The second-order valence-corrected chi connectivity index (χ2v) is 5.23. The maximum atomic E-state index is 5.81. The van der Waals surface area contributed by atoms with Gasteiger partial charge in [0, 0.05) is 0 Å². The van der Waals surface area contributed by atoms with Crippen molar-refractivity contribution in [3.63, 3.8) is 0 Å². The first-order chi connectivity index (χ1) is 5.65. The summed E-state index contributed by atoms with van der Waals surface area (Å²) in [5.41, 5.74) is 7.04. The molecular formula is C11H21N. The lowest BCUT2D eigenvalue weighted by Gasteiger charge is -2.25. The van der Waals surface area contributed by atoms with Crippen molar-refractivity contribution in [1.29, 1.82) is 0 Å². The molecule has 2 fully saturated rings. The standard InChI is InChI=1S/C11H21N/c1-10(2)9(8-12)11(10)6-4-3-5-7-11/h9H,3-8,12H2,1-2H3. The van der Waals surface area contributed by atoms with E-state index in [0.29, 0.717) is 10.8 Å². The van der Waals surface area contributed by atoms with Crippen molar-refractivity contribution in [2.24, 2.45) is 22.5 Å². The molecule has 2 saturated carbocycles. The number of nitrogens with two attached hydrogens (primary N) is 1. The van der Waals surface area contributed by atoms with Crippen molar-refractivity contribution >= 4 is 0 Å². The van der Waals surface area contributed by atoms with Crippen LogP contribution in [0.5, 0.6) is 0 Å². The van der Waals surface area contributed by atoms with E-state index in [4.69, 9.17) is 5.73 Å². The topological polar surface area (TPSA) is 26.0 Å². The molecule has 1 atom stereocenters. The van der Waals surface area contributed by atoms with Gasteiger partial charge in [0.1, 0.15) is 0 Å². The van der Waals surface area contributed by atoms with Gasteiger partial charge in [-0.25, -0.2) is 0 Å². The largest absolute Gasteiger partial charge is 0.330 e. The zero-order valence-electron chi connectivity index (χ0n) is 8.40. The molecule has 70 valence electrons. The van der Waals surface area contributed by atoms with Gasteiger partial charge < -0.3 is 5.73 Å². The van der Waals surface area contributed by atoms with Gasteiger partial charge in [0.25, 0.3) is 0 Å². The van der Waals surface area contributed by atoms with Crippen molar-refractivity contribution in [2.45, 2.75) is 46.0 Å². The highest BCUT2D eigenvalue weighted by atomic mass is 14.8. The monoisotopic (exact) mass is 167 g/mol. The van der Waals surface area contributed by atoms with Crippen LogP contribution in [-0.4, -0.2) is 6.54 Å². The summed E-state index contributed by atoms with van der Waals surface area (Å²) in [6.07, 6.45) is 7.23. The highest BCUT2D eigenvalue weighted by Gasteiger charge is 2.68. The molecule has 2 aliphatic rings. The molecule has 12 heavy (non-hydrogen) atoms. The normalized spacial score (nSPS) is 36.8. The fourth-order valence-electron chi connectivity index (χ4n) is 3.76. The van der Waals surface area contributed by atoms with Crippen molar-refractivity contribution in [3.8, 4) is 0 Å². The summed E-state index contributed by atoms with van der Waals surface area (Å²) in [6.45, 7) is 5.73. The van der Waals surface area contributed by atoms with Crippen LogP contribution >= 0.6 is 0 Å². The summed E-state index contributed by atoms with van der Waals surface area (Å²) < 4.78 is 0. The number of hydrogen-bond acceptors (Lipinski definition) is 1. The van der Waals surface area contributed by atoms with E-state index in [0.717, 1.165) is 12.5 Å². The van der Waals surface area contributed by atoms with E-state index in [9.17, 15) is 0 Å². The van der Waals surface area contributed by atoms with Gasteiger partial charge in [0.05, 0.1) is 0 Å². The Morgan fingerprint density at radius 3 is 2.17 bits per heavy atom. The molecule has 0 aliphatic heterocycles. The van der Waals surface area contributed by atoms with E-state index >= 15 is 0 Å². The Morgan fingerprint density at radius 2 is 1.75 bits per heavy atom. The Morgan fingerprint density at radius 1 is 1.17 bits per heavy atom. The molecule has 0 aromatic rings. The van der Waals surface area contributed by atoms with Gasteiger partial charge in [-0.1, -0.05) is 33.1 Å². The molecule has 0 radical (unpaired) electrons. The van der Waals surface area contributed by atoms with Crippen molar-refractivity contribution in [2.75, 3.05) is 6.54 Å². The number of hydrogen-bond donors (Lipinski definition) is 1. The SMILES string of the molecule is CC1(C)C(CN)C12CCCCC2. The quantitative estimate of drug-likeness (QED) is 0.638. The van der Waals surface area contributed by atoms with Crippen LogP contribution in [-0.2, 0) is 0 Å². The van der Waals surface area contributed by atoms with E-state index < -0.39 is 0 Å². The first-order valence-corrected chi connectivity index (χ1v) is 5.35. The predicted molar refractivity (Wildman–Crippen MR) is 51.8 cm³/mol. The minimum absolute atomic E-state index is 0.558. The highest BCUT2D eigenvalue weighted by Crippen LogP contribution is 2.74. The molecule has 0 saturated heterocycles. The van der Waals surface area contributed by atoms with Crippen LogP contribution in [0.25, 0.3) is 0 Å². The fourth-order valence-corrected chi connectivity index (χ4v) is 3.76.